The minimum absolute atomic E-state index is 0.0649. The van der Waals surface area contributed by atoms with E-state index < -0.39 is 21.9 Å². The summed E-state index contributed by atoms with van der Waals surface area (Å²) < 4.78 is 53.0. The predicted molar refractivity (Wildman–Crippen MR) is 136 cm³/mol. The molecule has 0 saturated heterocycles. The minimum Gasteiger partial charge on any atom is -0.497 e. The van der Waals surface area contributed by atoms with Crippen LogP contribution in [0.1, 0.15) is 29.8 Å². The topological polar surface area (TPSA) is 76.2 Å². The van der Waals surface area contributed by atoms with Crippen LogP contribution in [0, 0.1) is 5.82 Å². The van der Waals surface area contributed by atoms with E-state index >= 15 is 0 Å². The molecule has 2 aromatic carbocycles. The Morgan fingerprint density at radius 1 is 1.17 bits per heavy atom. The summed E-state index contributed by atoms with van der Waals surface area (Å²) in [5, 5.41) is 1.96. The van der Waals surface area contributed by atoms with Gasteiger partial charge in [-0.15, -0.1) is 11.3 Å². The molecule has 3 aromatic rings. The highest BCUT2D eigenvalue weighted by Gasteiger charge is 2.35. The van der Waals surface area contributed by atoms with E-state index in [-0.39, 0.29) is 36.2 Å². The maximum atomic E-state index is 14.1. The highest BCUT2D eigenvalue weighted by atomic mass is 32.2. The monoisotopic (exact) mass is 532 g/mol. The van der Waals surface area contributed by atoms with Gasteiger partial charge in [-0.05, 0) is 66.2 Å². The lowest BCUT2D eigenvalue weighted by atomic mass is 10.0. The summed E-state index contributed by atoms with van der Waals surface area (Å²) in [6.45, 7) is 2.27. The first-order valence-corrected chi connectivity index (χ1v) is 14.0. The van der Waals surface area contributed by atoms with Gasteiger partial charge in [0, 0.05) is 18.0 Å². The number of ether oxygens (including phenoxy) is 2. The van der Waals surface area contributed by atoms with Gasteiger partial charge >= 0.3 is 0 Å². The van der Waals surface area contributed by atoms with Crippen molar-refractivity contribution in [2.75, 3.05) is 33.4 Å². The predicted octanol–water partition coefficient (Wildman–Crippen LogP) is 4.50. The Labute approximate surface area is 215 Å². The van der Waals surface area contributed by atoms with Crippen LogP contribution in [0.3, 0.4) is 0 Å². The van der Waals surface area contributed by atoms with E-state index in [9.17, 15) is 17.6 Å². The summed E-state index contributed by atoms with van der Waals surface area (Å²) >= 11 is 1.61. The van der Waals surface area contributed by atoms with Crippen molar-refractivity contribution in [3.63, 3.8) is 0 Å². The molecule has 10 heteroatoms. The average Bonchev–Trinajstić information content (AvgIpc) is 3.37. The number of amides is 1. The van der Waals surface area contributed by atoms with Gasteiger partial charge < -0.3 is 14.4 Å². The molecular formula is C26H29FN2O5S2. The van der Waals surface area contributed by atoms with Crippen molar-refractivity contribution in [2.45, 2.75) is 30.7 Å². The Bertz CT molecular complexity index is 1290. The lowest BCUT2D eigenvalue weighted by Crippen LogP contribution is -2.48. The van der Waals surface area contributed by atoms with Crippen molar-refractivity contribution in [3.8, 4) is 11.5 Å². The number of rotatable bonds is 10. The molecule has 192 valence electrons. The third-order valence-corrected chi connectivity index (χ3v) is 8.99. The zero-order chi connectivity index (χ0) is 25.7. The molecule has 2 heterocycles. The summed E-state index contributed by atoms with van der Waals surface area (Å²) in [5.74, 6) is -0.137. The lowest BCUT2D eigenvalue weighted by Gasteiger charge is -2.37. The third kappa shape index (κ3) is 5.55. The van der Waals surface area contributed by atoms with Crippen molar-refractivity contribution >= 4 is 27.3 Å². The molecule has 1 amide bonds. The largest absolute Gasteiger partial charge is 0.497 e. The molecule has 0 saturated carbocycles. The number of benzene rings is 2. The quantitative estimate of drug-likeness (QED) is 0.384. The molecule has 0 aliphatic carbocycles. The smallest absolute Gasteiger partial charge is 0.243 e. The van der Waals surface area contributed by atoms with Crippen LogP contribution >= 0.6 is 11.3 Å². The Kier molecular flexibility index (Phi) is 8.28. The molecule has 0 bridgehead atoms. The van der Waals surface area contributed by atoms with Gasteiger partial charge in [0.15, 0.2) is 11.6 Å². The molecule has 0 spiro atoms. The molecule has 4 rings (SSSR count). The van der Waals surface area contributed by atoms with Gasteiger partial charge in [-0.3, -0.25) is 4.79 Å². The summed E-state index contributed by atoms with van der Waals surface area (Å²) in [7, 11) is -2.39. The van der Waals surface area contributed by atoms with Gasteiger partial charge in [0.05, 0.1) is 24.6 Å². The van der Waals surface area contributed by atoms with Crippen molar-refractivity contribution in [1.29, 1.82) is 0 Å². The molecule has 7 nitrogen and oxygen atoms in total. The normalized spacial score (nSPS) is 15.6. The van der Waals surface area contributed by atoms with Crippen LogP contribution in [0.5, 0.6) is 11.5 Å². The first-order valence-electron chi connectivity index (χ1n) is 11.7. The Hall–Kier alpha value is -2.95. The van der Waals surface area contributed by atoms with E-state index in [2.05, 4.69) is 0 Å². The first kappa shape index (κ1) is 26.1. The van der Waals surface area contributed by atoms with Crippen molar-refractivity contribution in [3.05, 3.63) is 76.2 Å². The number of halogens is 1. The Morgan fingerprint density at radius 2 is 1.92 bits per heavy atom. The number of fused-ring (bicyclic) bond motifs is 1. The molecule has 0 unspecified atom stereocenters. The Morgan fingerprint density at radius 3 is 2.61 bits per heavy atom. The van der Waals surface area contributed by atoms with Gasteiger partial charge in [0.1, 0.15) is 12.4 Å². The van der Waals surface area contributed by atoms with Crippen LogP contribution in [-0.4, -0.2) is 56.9 Å². The SMILES string of the molecule is CCCN(CC(=O)N1CCc2sccc2[C@@H]1COc1ccccc1F)S(=O)(=O)c1ccc(OC)cc1. The lowest BCUT2D eigenvalue weighted by molar-refractivity contribution is -0.135. The second kappa shape index (κ2) is 11.4. The van der Waals surface area contributed by atoms with Crippen LogP contribution in [-0.2, 0) is 21.2 Å². The number of sulfonamides is 1. The summed E-state index contributed by atoms with van der Waals surface area (Å²) in [4.78, 5) is 16.5. The van der Waals surface area contributed by atoms with Crippen molar-refractivity contribution < 1.29 is 27.1 Å². The molecule has 1 aliphatic heterocycles. The highest BCUT2D eigenvalue weighted by Crippen LogP contribution is 2.34. The van der Waals surface area contributed by atoms with Crippen LogP contribution in [0.4, 0.5) is 4.39 Å². The second-order valence-electron chi connectivity index (χ2n) is 8.41. The van der Waals surface area contributed by atoms with Gasteiger partial charge in [0.2, 0.25) is 15.9 Å². The number of hydrogen-bond donors (Lipinski definition) is 0. The summed E-state index contributed by atoms with van der Waals surface area (Å²) in [6.07, 6.45) is 1.23. The van der Waals surface area contributed by atoms with Gasteiger partial charge in [-0.25, -0.2) is 12.8 Å². The first-order chi connectivity index (χ1) is 17.3. The molecule has 1 aromatic heterocycles. The molecular weight excluding hydrogens is 503 g/mol. The van der Waals surface area contributed by atoms with Gasteiger partial charge in [-0.1, -0.05) is 19.1 Å². The molecule has 0 radical (unpaired) electrons. The number of hydrogen-bond acceptors (Lipinski definition) is 6. The standard InChI is InChI=1S/C26H29FN2O5S2/c1-3-14-28(36(31,32)20-10-8-19(33-2)9-11-20)17-26(30)29-15-12-25-21(13-16-35-25)23(29)18-34-24-7-5-4-6-22(24)27/h4-11,13,16,23H,3,12,14-15,17-18H2,1-2H3/t23-/m0/s1. The van der Waals surface area contributed by atoms with E-state index in [4.69, 9.17) is 9.47 Å². The number of carbonyl (C=O) groups excluding carboxylic acids is 1. The number of methoxy groups -OCH3 is 1. The number of para-hydroxylation sites is 1. The molecule has 0 fully saturated rings. The van der Waals surface area contributed by atoms with Gasteiger partial charge in [0.25, 0.3) is 0 Å². The van der Waals surface area contributed by atoms with Crippen LogP contribution < -0.4 is 9.47 Å². The fourth-order valence-electron chi connectivity index (χ4n) is 4.28. The highest BCUT2D eigenvalue weighted by molar-refractivity contribution is 7.89. The van der Waals surface area contributed by atoms with Crippen LogP contribution in [0.15, 0.2) is 64.9 Å². The second-order valence-corrected chi connectivity index (χ2v) is 11.3. The number of thiophene rings is 1. The average molecular weight is 533 g/mol. The fourth-order valence-corrected chi connectivity index (χ4v) is 6.69. The van der Waals surface area contributed by atoms with E-state index in [1.54, 1.807) is 46.6 Å². The Balaban J connectivity index is 1.56. The van der Waals surface area contributed by atoms with Crippen molar-refractivity contribution in [2.24, 2.45) is 0 Å². The van der Waals surface area contributed by atoms with E-state index in [1.165, 1.54) is 29.6 Å². The van der Waals surface area contributed by atoms with E-state index in [0.29, 0.717) is 25.1 Å². The summed E-state index contributed by atoms with van der Waals surface area (Å²) in [5.41, 5.74) is 0.955. The molecule has 0 N–H and O–H groups in total. The maximum Gasteiger partial charge on any atom is 0.243 e. The van der Waals surface area contributed by atoms with Crippen molar-refractivity contribution in [1.82, 2.24) is 9.21 Å². The molecule has 1 aliphatic rings. The number of nitrogens with zero attached hydrogens (tertiary/aromatic N) is 2. The minimum atomic E-state index is -3.90. The zero-order valence-corrected chi connectivity index (χ0v) is 21.9. The molecule has 1 atom stereocenters. The van der Waals surface area contributed by atoms with Crippen LogP contribution in [0.2, 0.25) is 0 Å². The molecule has 36 heavy (non-hydrogen) atoms. The van der Waals surface area contributed by atoms with Crippen LogP contribution in [0.25, 0.3) is 0 Å². The van der Waals surface area contributed by atoms with Gasteiger partial charge in [-0.2, -0.15) is 4.31 Å². The summed E-state index contributed by atoms with van der Waals surface area (Å²) in [6, 6.07) is 13.8. The number of carbonyl (C=O) groups is 1. The fraction of sp³-hybridized carbons (Fsp3) is 0.346. The van der Waals surface area contributed by atoms with E-state index in [1.807, 2.05) is 18.4 Å². The zero-order valence-electron chi connectivity index (χ0n) is 20.2. The van der Waals surface area contributed by atoms with E-state index in [0.717, 1.165) is 10.4 Å². The third-order valence-electron chi connectivity index (χ3n) is 6.13. The maximum absolute atomic E-state index is 14.1.